The fourth-order valence-corrected chi connectivity index (χ4v) is 3.92. The van der Waals surface area contributed by atoms with E-state index in [1.54, 1.807) is 4.31 Å². The van der Waals surface area contributed by atoms with Crippen molar-refractivity contribution in [2.24, 2.45) is 5.92 Å². The second-order valence-electron chi connectivity index (χ2n) is 5.78. The summed E-state index contributed by atoms with van der Waals surface area (Å²) in [6.45, 7) is 4.63. The van der Waals surface area contributed by atoms with Crippen LogP contribution in [0.4, 0.5) is 0 Å². The fourth-order valence-electron chi connectivity index (χ4n) is 2.11. The zero-order valence-corrected chi connectivity index (χ0v) is 13.1. The Hall–Kier alpha value is -1.41. The molecule has 0 bridgehead atoms. The van der Waals surface area contributed by atoms with Crippen LogP contribution in [0.2, 0.25) is 0 Å². The van der Waals surface area contributed by atoms with Gasteiger partial charge in [0.05, 0.1) is 19.2 Å². The number of hydrogen-bond donors (Lipinski definition) is 1. The van der Waals surface area contributed by atoms with Gasteiger partial charge in [0, 0.05) is 18.8 Å². The summed E-state index contributed by atoms with van der Waals surface area (Å²) in [7, 11) is -3.55. The quantitative estimate of drug-likeness (QED) is 0.777. The minimum Gasteiger partial charge on any atom is -0.481 e. The van der Waals surface area contributed by atoms with Crippen molar-refractivity contribution in [1.82, 2.24) is 14.1 Å². The van der Waals surface area contributed by atoms with E-state index in [2.05, 4.69) is 5.10 Å². The van der Waals surface area contributed by atoms with Crippen LogP contribution in [0.25, 0.3) is 0 Å². The molecule has 0 amide bonds. The summed E-state index contributed by atoms with van der Waals surface area (Å²) >= 11 is 0. The van der Waals surface area contributed by atoms with Crippen molar-refractivity contribution in [2.45, 2.75) is 50.6 Å². The number of carboxylic acid groups (broad SMARTS) is 1. The Morgan fingerprint density at radius 2 is 2.19 bits per heavy atom. The van der Waals surface area contributed by atoms with Gasteiger partial charge in [-0.3, -0.25) is 9.48 Å². The van der Waals surface area contributed by atoms with Crippen molar-refractivity contribution >= 4 is 16.0 Å². The molecule has 2 rings (SSSR count). The molecule has 1 N–H and O–H groups in total. The number of nitrogens with zero attached hydrogens (tertiary/aromatic N) is 3. The maximum absolute atomic E-state index is 12.7. The first-order valence-corrected chi connectivity index (χ1v) is 8.51. The summed E-state index contributed by atoms with van der Waals surface area (Å²) < 4.78 is 28.2. The molecule has 1 heterocycles. The maximum atomic E-state index is 12.7. The summed E-state index contributed by atoms with van der Waals surface area (Å²) in [5.74, 6) is -0.684. The number of hydrogen-bond acceptors (Lipinski definition) is 4. The Morgan fingerprint density at radius 1 is 1.52 bits per heavy atom. The third-order valence-corrected chi connectivity index (χ3v) is 5.14. The predicted octanol–water partition coefficient (Wildman–Crippen LogP) is 1.17. The van der Waals surface area contributed by atoms with Crippen LogP contribution in [0.5, 0.6) is 0 Å². The van der Waals surface area contributed by atoms with Crippen LogP contribution in [0.1, 0.15) is 33.1 Å². The molecule has 0 aliphatic heterocycles. The molecule has 8 heteroatoms. The SMILES string of the molecule is CC(C)CN(C1CC1)S(=O)(=O)c1cnn(CCC(=O)O)c1. The third-order valence-electron chi connectivity index (χ3n) is 3.27. The number of aliphatic carboxylic acids is 1. The Bertz CT molecular complexity index is 605. The molecule has 118 valence electrons. The van der Waals surface area contributed by atoms with Gasteiger partial charge in [-0.2, -0.15) is 9.40 Å². The summed E-state index contributed by atoms with van der Waals surface area (Å²) in [5.41, 5.74) is 0. The second-order valence-corrected chi connectivity index (χ2v) is 7.67. The van der Waals surface area contributed by atoms with E-state index < -0.39 is 16.0 Å². The Morgan fingerprint density at radius 3 is 2.71 bits per heavy atom. The highest BCUT2D eigenvalue weighted by Gasteiger charge is 2.38. The Kier molecular flexibility index (Phi) is 4.67. The van der Waals surface area contributed by atoms with Crippen LogP contribution in [0.15, 0.2) is 17.3 Å². The highest BCUT2D eigenvalue weighted by molar-refractivity contribution is 7.89. The first kappa shape index (κ1) is 16.0. The van der Waals surface area contributed by atoms with Gasteiger partial charge in [0.25, 0.3) is 0 Å². The minimum absolute atomic E-state index is 0.0838. The van der Waals surface area contributed by atoms with Crippen molar-refractivity contribution in [2.75, 3.05) is 6.54 Å². The predicted molar refractivity (Wildman–Crippen MR) is 76.2 cm³/mol. The summed E-state index contributed by atoms with van der Waals surface area (Å²) in [5, 5.41) is 12.6. The molecular weight excluding hydrogens is 294 g/mol. The largest absolute Gasteiger partial charge is 0.481 e. The average molecular weight is 315 g/mol. The number of aryl methyl sites for hydroxylation is 1. The lowest BCUT2D eigenvalue weighted by atomic mass is 10.2. The van der Waals surface area contributed by atoms with Crippen molar-refractivity contribution in [1.29, 1.82) is 0 Å². The van der Waals surface area contributed by atoms with Crippen molar-refractivity contribution in [3.05, 3.63) is 12.4 Å². The van der Waals surface area contributed by atoms with Gasteiger partial charge in [-0.25, -0.2) is 8.42 Å². The smallest absolute Gasteiger partial charge is 0.305 e. The number of aromatic nitrogens is 2. The topological polar surface area (TPSA) is 92.5 Å². The monoisotopic (exact) mass is 315 g/mol. The van der Waals surface area contributed by atoms with Gasteiger partial charge in [0.2, 0.25) is 10.0 Å². The Balaban J connectivity index is 2.15. The first-order valence-electron chi connectivity index (χ1n) is 7.07. The number of carboxylic acids is 1. The van der Waals surface area contributed by atoms with E-state index in [0.717, 1.165) is 12.8 Å². The number of carbonyl (C=O) groups is 1. The van der Waals surface area contributed by atoms with Crippen molar-refractivity contribution in [3.63, 3.8) is 0 Å². The van der Waals surface area contributed by atoms with E-state index in [9.17, 15) is 13.2 Å². The molecule has 0 spiro atoms. The van der Waals surface area contributed by atoms with Gasteiger partial charge in [0.1, 0.15) is 4.90 Å². The van der Waals surface area contributed by atoms with Crippen molar-refractivity contribution in [3.8, 4) is 0 Å². The van der Waals surface area contributed by atoms with Crippen LogP contribution in [-0.2, 0) is 21.4 Å². The molecule has 1 aromatic rings. The lowest BCUT2D eigenvalue weighted by Crippen LogP contribution is -2.36. The normalized spacial score (nSPS) is 15.8. The minimum atomic E-state index is -3.55. The van der Waals surface area contributed by atoms with E-state index in [-0.39, 0.29) is 29.8 Å². The zero-order valence-electron chi connectivity index (χ0n) is 12.3. The fraction of sp³-hybridized carbons (Fsp3) is 0.692. The second kappa shape index (κ2) is 6.15. The zero-order chi connectivity index (χ0) is 15.6. The molecule has 21 heavy (non-hydrogen) atoms. The maximum Gasteiger partial charge on any atom is 0.305 e. The summed E-state index contributed by atoms with van der Waals surface area (Å²) in [6, 6.07) is 0.0970. The Labute approximate surface area is 124 Å². The highest BCUT2D eigenvalue weighted by atomic mass is 32.2. The molecule has 0 aromatic carbocycles. The summed E-state index contributed by atoms with van der Waals surface area (Å²) in [6.07, 6.45) is 4.43. The molecule has 0 atom stereocenters. The molecule has 7 nitrogen and oxygen atoms in total. The molecule has 1 saturated carbocycles. The molecule has 0 saturated heterocycles. The van der Waals surface area contributed by atoms with E-state index in [4.69, 9.17) is 5.11 Å². The van der Waals surface area contributed by atoms with Crippen LogP contribution in [0, 0.1) is 5.92 Å². The standard InChI is InChI=1S/C13H21N3O4S/c1-10(2)8-16(11-3-4-11)21(19,20)12-7-14-15(9-12)6-5-13(17)18/h7,9-11H,3-6,8H2,1-2H3,(H,17,18). The average Bonchev–Trinajstić information content (AvgIpc) is 3.10. The van der Waals surface area contributed by atoms with E-state index >= 15 is 0 Å². The van der Waals surface area contributed by atoms with Crippen LogP contribution < -0.4 is 0 Å². The lowest BCUT2D eigenvalue weighted by Gasteiger charge is -2.22. The first-order chi connectivity index (χ1) is 9.80. The summed E-state index contributed by atoms with van der Waals surface area (Å²) in [4.78, 5) is 10.7. The van der Waals surface area contributed by atoms with Gasteiger partial charge in [-0.05, 0) is 18.8 Å². The van der Waals surface area contributed by atoms with Gasteiger partial charge in [-0.15, -0.1) is 0 Å². The van der Waals surface area contributed by atoms with Gasteiger partial charge in [0.15, 0.2) is 0 Å². The van der Waals surface area contributed by atoms with Gasteiger partial charge >= 0.3 is 5.97 Å². The van der Waals surface area contributed by atoms with Crippen LogP contribution >= 0.6 is 0 Å². The van der Waals surface area contributed by atoms with Gasteiger partial charge in [-0.1, -0.05) is 13.8 Å². The molecule has 0 radical (unpaired) electrons. The third kappa shape index (κ3) is 4.04. The van der Waals surface area contributed by atoms with Crippen LogP contribution in [0.3, 0.4) is 0 Å². The van der Waals surface area contributed by atoms with Gasteiger partial charge < -0.3 is 5.11 Å². The number of rotatable bonds is 8. The molecule has 1 aromatic heterocycles. The molecule has 0 unspecified atom stereocenters. The molecule has 1 fully saturated rings. The highest BCUT2D eigenvalue weighted by Crippen LogP contribution is 2.32. The van der Waals surface area contributed by atoms with E-state index in [1.807, 2.05) is 13.8 Å². The van der Waals surface area contributed by atoms with Crippen molar-refractivity contribution < 1.29 is 18.3 Å². The lowest BCUT2D eigenvalue weighted by molar-refractivity contribution is -0.137. The van der Waals surface area contributed by atoms with Crippen LogP contribution in [-0.4, -0.2) is 46.2 Å². The molecule has 1 aliphatic carbocycles. The number of sulfonamides is 1. The molecule has 1 aliphatic rings. The van der Waals surface area contributed by atoms with E-state index in [0.29, 0.717) is 6.54 Å². The van der Waals surface area contributed by atoms with E-state index in [1.165, 1.54) is 17.1 Å². The molecular formula is C13H21N3O4S.